The van der Waals surface area contributed by atoms with Crippen molar-refractivity contribution in [2.24, 2.45) is 5.92 Å². The summed E-state index contributed by atoms with van der Waals surface area (Å²) in [6.45, 7) is 14.9. The van der Waals surface area contributed by atoms with E-state index in [1.807, 2.05) is 32.4 Å². The van der Waals surface area contributed by atoms with Crippen molar-refractivity contribution >= 4 is 60.9 Å². The molecule has 0 aromatic carbocycles. The molecule has 6 aromatic heterocycles. The number of amides is 2. The maximum absolute atomic E-state index is 13.3. The van der Waals surface area contributed by atoms with Crippen LogP contribution in [0.15, 0.2) is 107 Å². The number of nitrogens with zero attached hydrogens (tertiary/aromatic N) is 7. The molecule has 22 heteroatoms. The lowest BCUT2D eigenvalue weighted by atomic mass is 9.97. The van der Waals surface area contributed by atoms with Crippen LogP contribution in [-0.2, 0) is 20.0 Å². The number of ether oxygens (including phenoxy) is 2. The van der Waals surface area contributed by atoms with Crippen LogP contribution in [0.4, 0.5) is 17.5 Å². The topological polar surface area (TPSA) is 278 Å². The molecule has 1 aliphatic heterocycles. The van der Waals surface area contributed by atoms with Crippen molar-refractivity contribution in [2.75, 3.05) is 22.9 Å². The third-order valence-electron chi connectivity index (χ3n) is 9.81. The Balaban J connectivity index is 0.000000226. The third-order valence-corrected chi connectivity index (χ3v) is 12.5. The van der Waals surface area contributed by atoms with Crippen LogP contribution in [0, 0.1) is 5.92 Å². The first-order valence-corrected chi connectivity index (χ1v) is 24.2. The molecule has 1 atom stereocenters. The summed E-state index contributed by atoms with van der Waals surface area (Å²) in [6.07, 6.45) is 3.92. The van der Waals surface area contributed by atoms with E-state index in [2.05, 4.69) is 55.3 Å². The van der Waals surface area contributed by atoms with E-state index in [1.54, 1.807) is 42.6 Å². The van der Waals surface area contributed by atoms with Gasteiger partial charge >= 0.3 is 0 Å². The number of nitrogens with one attached hydrogen (secondary N) is 2. The Morgan fingerprint density at radius 3 is 1.55 bits per heavy atom. The highest BCUT2D eigenvalue weighted by Gasteiger charge is 2.37. The van der Waals surface area contributed by atoms with Gasteiger partial charge in [-0.2, -0.15) is 16.8 Å². The van der Waals surface area contributed by atoms with Gasteiger partial charge in [-0.05, 0) is 115 Å². The summed E-state index contributed by atoms with van der Waals surface area (Å²) in [5, 5.41) is -0.600. The molecule has 7 rings (SSSR count). The van der Waals surface area contributed by atoms with Crippen LogP contribution in [0.3, 0.4) is 0 Å². The van der Waals surface area contributed by atoms with Gasteiger partial charge in [0.05, 0.1) is 34.7 Å². The molecule has 0 spiro atoms. The second-order valence-electron chi connectivity index (χ2n) is 16.6. The van der Waals surface area contributed by atoms with Gasteiger partial charge in [0.2, 0.25) is 11.8 Å². The van der Waals surface area contributed by atoms with Crippen molar-refractivity contribution in [2.45, 2.75) is 82.7 Å². The molecule has 0 aliphatic carbocycles. The van der Waals surface area contributed by atoms with Crippen molar-refractivity contribution in [3.05, 3.63) is 114 Å². The van der Waals surface area contributed by atoms with E-state index in [0.29, 0.717) is 40.3 Å². The van der Waals surface area contributed by atoms with Gasteiger partial charge in [-0.15, -0.1) is 0 Å². The minimum atomic E-state index is -4.27. The number of rotatable bonds is 13. The maximum Gasteiger partial charge on any atom is 0.281 e. The molecule has 352 valence electrons. The zero-order chi connectivity index (χ0) is 48.8. The minimum Gasteiger partial charge on any atom is -0.475 e. The number of carbonyl (C=O) groups is 2. The van der Waals surface area contributed by atoms with E-state index >= 15 is 0 Å². The van der Waals surface area contributed by atoms with Gasteiger partial charge in [-0.3, -0.25) is 9.59 Å². The molecule has 1 aliphatic rings. The maximum atomic E-state index is 13.3. The molecule has 6 aromatic rings. The fourth-order valence-corrected chi connectivity index (χ4v) is 9.14. The summed E-state index contributed by atoms with van der Waals surface area (Å²) in [6, 6.07) is 21.1. The van der Waals surface area contributed by atoms with Crippen LogP contribution >= 0.6 is 11.6 Å². The van der Waals surface area contributed by atoms with Crippen molar-refractivity contribution in [1.82, 2.24) is 39.3 Å². The van der Waals surface area contributed by atoms with E-state index in [-0.39, 0.29) is 61.4 Å². The lowest BCUT2D eigenvalue weighted by molar-refractivity contribution is 0.0972. The van der Waals surface area contributed by atoms with Gasteiger partial charge in [0.25, 0.3) is 31.9 Å². The Morgan fingerprint density at radius 1 is 0.687 bits per heavy atom. The van der Waals surface area contributed by atoms with Crippen LogP contribution in [0.25, 0.3) is 22.5 Å². The highest BCUT2D eigenvalue weighted by Crippen LogP contribution is 2.37. The SMILES string of the molecule is CC(C)Oc1ccc(-c2nc(Cl)ccc2C(=O)NS(=O)(=O)c2cccc(N)n2)cn1.CC(C)Oc1ccc(-c2nc(N3C[C@@H](C)CC3(C)C)ccc2C(=O)NS(=O)(=O)c2cccc(N)n2)cn1. The number of halogens is 1. The number of nitrogen functional groups attached to an aromatic ring is 2. The number of nitrogens with two attached hydrogens (primary N) is 2. The smallest absolute Gasteiger partial charge is 0.281 e. The van der Waals surface area contributed by atoms with Gasteiger partial charge in [-0.25, -0.2) is 39.3 Å². The molecular formula is C45H50ClN11O8S2. The average molecular weight is 973 g/mol. The molecule has 1 fully saturated rings. The van der Waals surface area contributed by atoms with E-state index in [1.165, 1.54) is 54.7 Å². The Hall–Kier alpha value is -6.97. The number of pyridine rings is 6. The lowest BCUT2D eigenvalue weighted by Crippen LogP contribution is -2.39. The Bertz CT molecular complexity index is 3000. The van der Waals surface area contributed by atoms with E-state index in [9.17, 15) is 26.4 Å². The molecule has 0 unspecified atom stereocenters. The summed E-state index contributed by atoms with van der Waals surface area (Å²) < 4.78 is 65.9. The summed E-state index contributed by atoms with van der Waals surface area (Å²) in [7, 11) is -8.51. The monoisotopic (exact) mass is 971 g/mol. The quantitative estimate of drug-likeness (QED) is 0.0920. The molecule has 19 nitrogen and oxygen atoms in total. The summed E-state index contributed by atoms with van der Waals surface area (Å²) in [4.78, 5) is 53.3. The predicted octanol–water partition coefficient (Wildman–Crippen LogP) is 6.33. The Labute approximate surface area is 393 Å². The summed E-state index contributed by atoms with van der Waals surface area (Å²) in [5.41, 5.74) is 12.6. The number of carbonyl (C=O) groups excluding carboxylic acids is 2. The van der Waals surface area contributed by atoms with E-state index < -0.39 is 31.9 Å². The first-order valence-electron chi connectivity index (χ1n) is 20.8. The number of sulfonamides is 2. The first kappa shape index (κ1) is 49.5. The van der Waals surface area contributed by atoms with Crippen LogP contribution in [0.5, 0.6) is 11.8 Å². The number of anilines is 3. The molecule has 0 radical (unpaired) electrons. The second-order valence-corrected chi connectivity index (χ2v) is 20.2. The summed E-state index contributed by atoms with van der Waals surface area (Å²) >= 11 is 5.99. The first-order chi connectivity index (χ1) is 31.5. The van der Waals surface area contributed by atoms with Crippen molar-refractivity contribution in [3.63, 3.8) is 0 Å². The molecule has 2 amide bonds. The standard InChI is InChI=1S/C26H32N6O4S.C19H18ClN5O4S/c1-16(2)36-22-12-9-18(14-28-22)24-19(10-11-21(30-24)32-15-17(3)13-26(32,4)5)25(33)31-37(34,35)23-8-6-7-20(27)29-23;1-11(2)29-16-9-6-12(10-22-16)18-13(7-8-14(20)23-18)19(26)25-30(27,28)17-5-3-4-15(21)24-17/h6-12,14,16-17H,13,15H2,1-5H3,(H2,27,29)(H,31,33);3-11H,1-2H3,(H2,21,24)(H,25,26)/t17-;/m0./s1. The van der Waals surface area contributed by atoms with Crippen LogP contribution < -0.4 is 35.3 Å². The molecular weight excluding hydrogens is 922 g/mol. The molecule has 0 saturated carbocycles. The van der Waals surface area contributed by atoms with Crippen LogP contribution in [0.1, 0.15) is 75.6 Å². The number of aromatic nitrogens is 6. The Kier molecular flexibility index (Phi) is 15.0. The zero-order valence-electron chi connectivity index (χ0n) is 37.6. The van der Waals surface area contributed by atoms with Crippen molar-refractivity contribution in [3.8, 4) is 34.3 Å². The highest BCUT2D eigenvalue weighted by molar-refractivity contribution is 7.90. The lowest BCUT2D eigenvalue weighted by Gasteiger charge is -2.33. The van der Waals surface area contributed by atoms with Crippen molar-refractivity contribution < 1.29 is 35.9 Å². The van der Waals surface area contributed by atoms with Crippen molar-refractivity contribution in [1.29, 1.82) is 0 Å². The second kappa shape index (κ2) is 20.3. The van der Waals surface area contributed by atoms with Gasteiger partial charge in [-0.1, -0.05) is 30.7 Å². The van der Waals surface area contributed by atoms with Gasteiger partial charge in [0.1, 0.15) is 22.6 Å². The third kappa shape index (κ3) is 12.5. The van der Waals surface area contributed by atoms with Crippen LogP contribution in [0.2, 0.25) is 5.15 Å². The van der Waals surface area contributed by atoms with E-state index in [4.69, 9.17) is 37.5 Å². The minimum absolute atomic E-state index is 0.00814. The fraction of sp³-hybridized carbons (Fsp3) is 0.289. The van der Waals surface area contributed by atoms with Gasteiger partial charge in [0.15, 0.2) is 10.1 Å². The van der Waals surface area contributed by atoms with Gasteiger partial charge < -0.3 is 25.8 Å². The van der Waals surface area contributed by atoms with Crippen LogP contribution in [-0.4, -0.2) is 82.8 Å². The largest absolute Gasteiger partial charge is 0.475 e. The number of hydrogen-bond acceptors (Lipinski definition) is 17. The van der Waals surface area contributed by atoms with E-state index in [0.717, 1.165) is 13.0 Å². The predicted molar refractivity (Wildman–Crippen MR) is 253 cm³/mol. The fourth-order valence-electron chi connectivity index (χ4n) is 7.11. The highest BCUT2D eigenvalue weighted by atomic mass is 35.5. The number of hydrogen-bond donors (Lipinski definition) is 4. The zero-order valence-corrected chi connectivity index (χ0v) is 40.0. The van der Waals surface area contributed by atoms with Gasteiger partial charge in [0, 0.05) is 47.7 Å². The Morgan fingerprint density at radius 2 is 1.15 bits per heavy atom. The summed E-state index contributed by atoms with van der Waals surface area (Å²) in [5.74, 6) is 0.309. The normalized spacial score (nSPS) is 14.5. The molecule has 0 bridgehead atoms. The molecule has 6 N–H and O–H groups in total. The molecule has 7 heterocycles. The molecule has 1 saturated heterocycles. The average Bonchev–Trinajstić information content (AvgIpc) is 3.54. The molecule has 67 heavy (non-hydrogen) atoms.